The van der Waals surface area contributed by atoms with Gasteiger partial charge < -0.3 is 0 Å². The molecule has 4 unspecified atom stereocenters. The zero-order valence-corrected chi connectivity index (χ0v) is 11.5. The molecule has 4 atom stereocenters. The van der Waals surface area contributed by atoms with Crippen molar-refractivity contribution in [2.45, 2.75) is 82.7 Å². The molecule has 0 aromatic heterocycles. The van der Waals surface area contributed by atoms with Crippen molar-refractivity contribution in [1.29, 1.82) is 0 Å². The van der Waals surface area contributed by atoms with E-state index in [0.717, 1.165) is 23.9 Å². The fourth-order valence-corrected chi connectivity index (χ4v) is 5.07. The molecule has 0 N–H and O–H groups in total. The highest BCUT2D eigenvalue weighted by molar-refractivity contribution is 4.99. The fourth-order valence-electron chi connectivity index (χ4n) is 5.07. The zero-order valence-electron chi connectivity index (χ0n) is 11.5. The highest BCUT2D eigenvalue weighted by Crippen LogP contribution is 2.46. The van der Waals surface area contributed by atoms with Gasteiger partial charge in [-0.2, -0.15) is 0 Å². The van der Waals surface area contributed by atoms with Crippen LogP contribution < -0.4 is 0 Å². The molecule has 17 heavy (non-hydrogen) atoms. The Morgan fingerprint density at radius 2 is 1.00 bits per heavy atom. The molecule has 1 saturated heterocycles. The van der Waals surface area contributed by atoms with E-state index in [1.807, 2.05) is 0 Å². The zero-order chi connectivity index (χ0) is 11.7. The summed E-state index contributed by atoms with van der Waals surface area (Å²) in [6.07, 6.45) is 16.6. The first-order valence-corrected chi connectivity index (χ1v) is 8.10. The SMILES string of the molecule is CN1C2CCCCCCC2C2CCCCCC21. The van der Waals surface area contributed by atoms with Crippen molar-refractivity contribution in [3.8, 4) is 0 Å². The van der Waals surface area contributed by atoms with Crippen LogP contribution in [-0.4, -0.2) is 24.0 Å². The third-order valence-electron chi connectivity index (χ3n) is 5.91. The maximum Gasteiger partial charge on any atom is 0.0127 e. The van der Waals surface area contributed by atoms with Crippen LogP contribution in [0.2, 0.25) is 0 Å². The van der Waals surface area contributed by atoms with E-state index in [1.165, 1.54) is 70.6 Å². The lowest BCUT2D eigenvalue weighted by atomic mass is 9.78. The Kier molecular flexibility index (Phi) is 3.75. The van der Waals surface area contributed by atoms with Crippen molar-refractivity contribution in [1.82, 2.24) is 4.90 Å². The number of hydrogen-bond acceptors (Lipinski definition) is 1. The van der Waals surface area contributed by atoms with Crippen molar-refractivity contribution in [2.24, 2.45) is 11.8 Å². The lowest BCUT2D eigenvalue weighted by molar-refractivity contribution is 0.191. The van der Waals surface area contributed by atoms with Crippen LogP contribution in [0.5, 0.6) is 0 Å². The monoisotopic (exact) mass is 235 g/mol. The predicted molar refractivity (Wildman–Crippen MR) is 73.1 cm³/mol. The van der Waals surface area contributed by atoms with Gasteiger partial charge in [-0.05, 0) is 44.6 Å². The minimum atomic E-state index is 0.948. The first-order chi connectivity index (χ1) is 8.38. The number of nitrogens with zero attached hydrogens (tertiary/aromatic N) is 1. The number of hydrogen-bond donors (Lipinski definition) is 0. The molecular weight excluding hydrogens is 206 g/mol. The van der Waals surface area contributed by atoms with Crippen LogP contribution in [0, 0.1) is 11.8 Å². The molecule has 1 heterocycles. The van der Waals surface area contributed by atoms with Crippen LogP contribution in [0.1, 0.15) is 70.6 Å². The van der Waals surface area contributed by atoms with Gasteiger partial charge in [0.05, 0.1) is 0 Å². The van der Waals surface area contributed by atoms with E-state index in [9.17, 15) is 0 Å². The van der Waals surface area contributed by atoms with Gasteiger partial charge in [0.2, 0.25) is 0 Å². The van der Waals surface area contributed by atoms with E-state index in [0.29, 0.717) is 0 Å². The lowest BCUT2D eigenvalue weighted by Crippen LogP contribution is -2.34. The molecule has 1 heteroatoms. The van der Waals surface area contributed by atoms with Gasteiger partial charge >= 0.3 is 0 Å². The largest absolute Gasteiger partial charge is 0.300 e. The second-order valence-corrected chi connectivity index (χ2v) is 6.76. The van der Waals surface area contributed by atoms with Gasteiger partial charge in [0, 0.05) is 12.1 Å². The maximum atomic E-state index is 2.81. The Hall–Kier alpha value is -0.0400. The van der Waals surface area contributed by atoms with Crippen molar-refractivity contribution in [3.05, 3.63) is 0 Å². The standard InChI is InChI=1S/C16H29N/c1-17-15-11-7-3-2-5-9-13(15)14-10-6-4-8-12-16(14)17/h13-16H,2-12H2,1H3. The smallest absolute Gasteiger partial charge is 0.0127 e. The van der Waals surface area contributed by atoms with E-state index < -0.39 is 0 Å². The van der Waals surface area contributed by atoms with Crippen LogP contribution >= 0.6 is 0 Å². The van der Waals surface area contributed by atoms with Crippen molar-refractivity contribution < 1.29 is 0 Å². The second-order valence-electron chi connectivity index (χ2n) is 6.76. The van der Waals surface area contributed by atoms with Gasteiger partial charge in [0.25, 0.3) is 0 Å². The van der Waals surface area contributed by atoms with Gasteiger partial charge in [0.1, 0.15) is 0 Å². The van der Waals surface area contributed by atoms with E-state index in [2.05, 4.69) is 11.9 Å². The fraction of sp³-hybridized carbons (Fsp3) is 1.00. The summed E-state index contributed by atoms with van der Waals surface area (Å²) in [4.78, 5) is 2.81. The molecule has 0 amide bonds. The quantitative estimate of drug-likeness (QED) is 0.607. The third kappa shape index (κ3) is 2.28. The van der Waals surface area contributed by atoms with Crippen LogP contribution in [0.25, 0.3) is 0 Å². The van der Waals surface area contributed by atoms with E-state index >= 15 is 0 Å². The first kappa shape index (κ1) is 12.0. The summed E-state index contributed by atoms with van der Waals surface area (Å²) < 4.78 is 0. The minimum absolute atomic E-state index is 0.948. The molecule has 2 aliphatic carbocycles. The molecule has 3 fully saturated rings. The highest BCUT2D eigenvalue weighted by atomic mass is 15.2. The molecule has 0 aromatic carbocycles. The van der Waals surface area contributed by atoms with Crippen LogP contribution in [-0.2, 0) is 0 Å². The summed E-state index contributed by atoms with van der Waals surface area (Å²) in [5.74, 6) is 2.12. The molecule has 2 saturated carbocycles. The first-order valence-electron chi connectivity index (χ1n) is 8.10. The molecule has 3 rings (SSSR count). The Morgan fingerprint density at radius 1 is 0.588 bits per heavy atom. The van der Waals surface area contributed by atoms with Crippen molar-refractivity contribution in [3.63, 3.8) is 0 Å². The molecule has 1 aliphatic heterocycles. The van der Waals surface area contributed by atoms with Crippen LogP contribution in [0.4, 0.5) is 0 Å². The summed E-state index contributed by atoms with van der Waals surface area (Å²) in [7, 11) is 2.44. The van der Waals surface area contributed by atoms with E-state index in [4.69, 9.17) is 0 Å². The Bertz CT molecular complexity index is 250. The molecule has 0 radical (unpaired) electrons. The maximum absolute atomic E-state index is 2.81. The Morgan fingerprint density at radius 3 is 1.53 bits per heavy atom. The summed E-state index contributed by atoms with van der Waals surface area (Å²) >= 11 is 0. The molecule has 3 aliphatic rings. The van der Waals surface area contributed by atoms with Gasteiger partial charge in [-0.25, -0.2) is 0 Å². The molecule has 98 valence electrons. The van der Waals surface area contributed by atoms with Crippen molar-refractivity contribution >= 4 is 0 Å². The Balaban J connectivity index is 1.78. The number of rotatable bonds is 0. The van der Waals surface area contributed by atoms with Gasteiger partial charge in [-0.3, -0.25) is 4.90 Å². The topological polar surface area (TPSA) is 3.24 Å². The highest BCUT2D eigenvalue weighted by Gasteiger charge is 2.45. The molecular formula is C16H29N. The molecule has 1 nitrogen and oxygen atoms in total. The average Bonchev–Trinajstić information content (AvgIpc) is 2.49. The van der Waals surface area contributed by atoms with Gasteiger partial charge in [-0.15, -0.1) is 0 Å². The predicted octanol–water partition coefficient (Wildman–Crippen LogP) is 4.22. The summed E-state index contributed by atoms with van der Waals surface area (Å²) in [6.45, 7) is 0. The van der Waals surface area contributed by atoms with Crippen molar-refractivity contribution in [2.75, 3.05) is 7.05 Å². The minimum Gasteiger partial charge on any atom is -0.300 e. The summed E-state index contributed by atoms with van der Waals surface area (Å²) in [6, 6.07) is 1.90. The second kappa shape index (κ2) is 5.30. The number of likely N-dealkylation sites (tertiary alicyclic amines) is 1. The molecule has 0 aromatic rings. The van der Waals surface area contributed by atoms with Gasteiger partial charge in [-0.1, -0.05) is 44.9 Å². The lowest BCUT2D eigenvalue weighted by Gasteiger charge is -2.29. The number of fused-ring (bicyclic) bond motifs is 3. The average molecular weight is 235 g/mol. The van der Waals surface area contributed by atoms with E-state index in [-0.39, 0.29) is 0 Å². The van der Waals surface area contributed by atoms with Gasteiger partial charge in [0.15, 0.2) is 0 Å². The third-order valence-corrected chi connectivity index (χ3v) is 5.91. The van der Waals surface area contributed by atoms with E-state index in [1.54, 1.807) is 0 Å². The van der Waals surface area contributed by atoms with Crippen LogP contribution in [0.3, 0.4) is 0 Å². The summed E-state index contributed by atoms with van der Waals surface area (Å²) in [5, 5.41) is 0. The molecule has 0 spiro atoms. The Labute approximate surface area is 107 Å². The van der Waals surface area contributed by atoms with Crippen LogP contribution in [0.15, 0.2) is 0 Å². The summed E-state index contributed by atoms with van der Waals surface area (Å²) in [5.41, 5.74) is 0. The normalized spacial score (nSPS) is 44.3. The molecule has 0 bridgehead atoms.